The Morgan fingerprint density at radius 3 is 2.71 bits per heavy atom. The van der Waals surface area contributed by atoms with E-state index in [2.05, 4.69) is 10.6 Å². The van der Waals surface area contributed by atoms with Crippen LogP contribution in [-0.2, 0) is 0 Å². The van der Waals surface area contributed by atoms with Gasteiger partial charge in [-0.1, -0.05) is 6.07 Å². The van der Waals surface area contributed by atoms with Crippen molar-refractivity contribution in [3.63, 3.8) is 0 Å². The zero-order valence-electron chi connectivity index (χ0n) is 14.9. The lowest BCUT2D eigenvalue weighted by atomic mass is 10.1. The highest BCUT2D eigenvalue weighted by molar-refractivity contribution is 6.03. The van der Waals surface area contributed by atoms with Gasteiger partial charge in [-0.05, 0) is 31.0 Å². The van der Waals surface area contributed by atoms with Crippen LogP contribution < -0.4 is 16.4 Å². The van der Waals surface area contributed by atoms with Crippen LogP contribution in [0, 0.1) is 5.82 Å². The van der Waals surface area contributed by atoms with Crippen molar-refractivity contribution in [1.82, 2.24) is 14.8 Å². The van der Waals surface area contributed by atoms with E-state index in [4.69, 9.17) is 10.8 Å². The zero-order chi connectivity index (χ0) is 20.3. The lowest BCUT2D eigenvalue weighted by Gasteiger charge is -2.31. The van der Waals surface area contributed by atoms with E-state index >= 15 is 0 Å². The van der Waals surface area contributed by atoms with Crippen LogP contribution in [0.3, 0.4) is 0 Å². The van der Waals surface area contributed by atoms with Gasteiger partial charge >= 0.3 is 12.1 Å². The van der Waals surface area contributed by atoms with E-state index in [1.54, 1.807) is 6.07 Å². The van der Waals surface area contributed by atoms with Crippen molar-refractivity contribution < 1.29 is 23.9 Å². The molecule has 148 valence electrons. The summed E-state index contributed by atoms with van der Waals surface area (Å²) < 4.78 is 15.0. The lowest BCUT2D eigenvalue weighted by molar-refractivity contribution is 0.0889. The van der Waals surface area contributed by atoms with Crippen LogP contribution in [0.1, 0.15) is 23.2 Å². The first-order chi connectivity index (χ1) is 13.3. The number of urea groups is 1. The standard InChI is InChI=1S/C18H20FN5O4/c19-11-3-1-5-13(7-11)24-9-14(15(10-24)22-17(20)26)16(25)21-12-4-2-6-23(8-12)18(27)28/h1,3,5,7,9-10,12H,2,4,6,8H2,(H,21,25)(H,27,28)(H3,20,22,26). The number of carbonyl (C=O) groups excluding carboxylic acids is 2. The van der Waals surface area contributed by atoms with Crippen molar-refractivity contribution in [2.24, 2.45) is 5.73 Å². The van der Waals surface area contributed by atoms with E-state index in [0.29, 0.717) is 25.1 Å². The SMILES string of the molecule is NC(=O)Nc1cn(-c2cccc(F)c2)cc1C(=O)NC1CCCN(C(=O)O)C1. The number of hydrogen-bond donors (Lipinski definition) is 4. The second-order valence-corrected chi connectivity index (χ2v) is 6.50. The number of halogens is 1. The van der Waals surface area contributed by atoms with Crippen LogP contribution in [-0.4, -0.2) is 51.7 Å². The molecule has 1 aliphatic heterocycles. The van der Waals surface area contributed by atoms with Crippen LogP contribution in [0.25, 0.3) is 5.69 Å². The molecule has 1 aliphatic rings. The number of nitrogens with two attached hydrogens (primary N) is 1. The number of carbonyl (C=O) groups is 3. The summed E-state index contributed by atoms with van der Waals surface area (Å²) in [5.41, 5.74) is 5.94. The molecule has 2 heterocycles. The van der Waals surface area contributed by atoms with Gasteiger partial charge in [0.2, 0.25) is 0 Å². The molecule has 0 bridgehead atoms. The monoisotopic (exact) mass is 389 g/mol. The minimum absolute atomic E-state index is 0.135. The molecular weight excluding hydrogens is 369 g/mol. The molecule has 0 radical (unpaired) electrons. The second kappa shape index (κ2) is 7.99. The molecule has 1 fully saturated rings. The number of rotatable bonds is 4. The van der Waals surface area contributed by atoms with Gasteiger partial charge in [-0.3, -0.25) is 4.79 Å². The van der Waals surface area contributed by atoms with Crippen molar-refractivity contribution in [2.45, 2.75) is 18.9 Å². The Hall–Kier alpha value is -3.56. The Morgan fingerprint density at radius 1 is 1.25 bits per heavy atom. The number of hydrogen-bond acceptors (Lipinski definition) is 3. The Labute approximate surface area is 159 Å². The maximum atomic E-state index is 13.5. The van der Waals surface area contributed by atoms with E-state index in [9.17, 15) is 18.8 Å². The summed E-state index contributed by atoms with van der Waals surface area (Å²) in [6, 6.07) is 4.54. The van der Waals surface area contributed by atoms with E-state index in [0.717, 1.165) is 0 Å². The van der Waals surface area contributed by atoms with E-state index in [1.165, 1.54) is 40.1 Å². The fraction of sp³-hybridized carbons (Fsp3) is 0.278. The molecule has 9 nitrogen and oxygen atoms in total. The number of likely N-dealkylation sites (tertiary alicyclic amines) is 1. The van der Waals surface area contributed by atoms with Crippen molar-refractivity contribution in [1.29, 1.82) is 0 Å². The van der Waals surface area contributed by atoms with Crippen LogP contribution in [0.4, 0.5) is 19.7 Å². The van der Waals surface area contributed by atoms with Gasteiger partial charge in [0, 0.05) is 37.2 Å². The quantitative estimate of drug-likeness (QED) is 0.637. The average Bonchev–Trinajstić information content (AvgIpc) is 3.05. The molecule has 2 aromatic rings. The van der Waals surface area contributed by atoms with E-state index in [-0.39, 0.29) is 23.8 Å². The summed E-state index contributed by atoms with van der Waals surface area (Å²) in [5, 5.41) is 14.3. The highest BCUT2D eigenvalue weighted by atomic mass is 19.1. The maximum Gasteiger partial charge on any atom is 0.407 e. The summed E-state index contributed by atoms with van der Waals surface area (Å²) in [5.74, 6) is -0.936. The van der Waals surface area contributed by atoms with Crippen molar-refractivity contribution >= 4 is 23.7 Å². The van der Waals surface area contributed by atoms with Gasteiger partial charge in [0.15, 0.2) is 0 Å². The third kappa shape index (κ3) is 4.40. The largest absolute Gasteiger partial charge is 0.465 e. The van der Waals surface area contributed by atoms with Gasteiger partial charge in [-0.2, -0.15) is 0 Å². The molecule has 1 aromatic heterocycles. The Kier molecular flexibility index (Phi) is 5.48. The van der Waals surface area contributed by atoms with Gasteiger partial charge in [0.1, 0.15) is 5.82 Å². The van der Waals surface area contributed by atoms with Gasteiger partial charge in [0.05, 0.1) is 11.3 Å². The first kappa shape index (κ1) is 19.2. The third-order valence-corrected chi connectivity index (χ3v) is 4.46. The summed E-state index contributed by atoms with van der Waals surface area (Å²) in [6.45, 7) is 0.608. The second-order valence-electron chi connectivity index (χ2n) is 6.50. The lowest BCUT2D eigenvalue weighted by Crippen LogP contribution is -2.49. The molecule has 0 saturated carbocycles. The minimum atomic E-state index is -1.03. The third-order valence-electron chi connectivity index (χ3n) is 4.46. The van der Waals surface area contributed by atoms with Crippen molar-refractivity contribution in [3.8, 4) is 5.69 Å². The minimum Gasteiger partial charge on any atom is -0.465 e. The number of amides is 4. The molecule has 1 unspecified atom stereocenters. The Bertz CT molecular complexity index is 913. The predicted octanol–water partition coefficient (Wildman–Crippen LogP) is 1.98. The first-order valence-corrected chi connectivity index (χ1v) is 8.66. The van der Waals surface area contributed by atoms with Crippen LogP contribution in [0.2, 0.25) is 0 Å². The smallest absolute Gasteiger partial charge is 0.407 e. The Morgan fingerprint density at radius 2 is 2.04 bits per heavy atom. The number of carboxylic acid groups (broad SMARTS) is 1. The average molecular weight is 389 g/mol. The molecule has 1 atom stereocenters. The molecule has 1 saturated heterocycles. The van der Waals surface area contributed by atoms with Crippen LogP contribution >= 0.6 is 0 Å². The van der Waals surface area contributed by atoms with E-state index in [1.807, 2.05) is 0 Å². The maximum absolute atomic E-state index is 13.5. The number of nitrogens with one attached hydrogen (secondary N) is 2. The fourth-order valence-corrected chi connectivity index (χ4v) is 3.19. The number of nitrogens with zero attached hydrogens (tertiary/aromatic N) is 2. The Balaban J connectivity index is 1.83. The fourth-order valence-electron chi connectivity index (χ4n) is 3.19. The zero-order valence-corrected chi connectivity index (χ0v) is 14.9. The first-order valence-electron chi connectivity index (χ1n) is 8.66. The van der Waals surface area contributed by atoms with Gasteiger partial charge in [0.25, 0.3) is 5.91 Å². The molecule has 4 amide bonds. The number of benzene rings is 1. The highest BCUT2D eigenvalue weighted by Crippen LogP contribution is 2.22. The summed E-state index contributed by atoms with van der Waals surface area (Å²) in [4.78, 5) is 36.4. The van der Waals surface area contributed by atoms with Crippen LogP contribution in [0.5, 0.6) is 0 Å². The molecular formula is C18H20FN5O4. The highest BCUT2D eigenvalue weighted by Gasteiger charge is 2.26. The number of anilines is 1. The summed E-state index contributed by atoms with van der Waals surface area (Å²) in [6.07, 6.45) is 3.14. The summed E-state index contributed by atoms with van der Waals surface area (Å²) in [7, 11) is 0. The number of piperidine rings is 1. The van der Waals surface area contributed by atoms with Gasteiger partial charge in [-0.15, -0.1) is 0 Å². The topological polar surface area (TPSA) is 130 Å². The summed E-state index contributed by atoms with van der Waals surface area (Å²) >= 11 is 0. The van der Waals surface area contributed by atoms with Crippen LogP contribution in [0.15, 0.2) is 36.7 Å². The molecule has 5 N–H and O–H groups in total. The number of primary amides is 1. The van der Waals surface area contributed by atoms with Crippen molar-refractivity contribution in [3.05, 3.63) is 48.0 Å². The molecule has 0 spiro atoms. The predicted molar refractivity (Wildman–Crippen MR) is 99.0 cm³/mol. The normalized spacial score (nSPS) is 16.5. The molecule has 1 aromatic carbocycles. The molecule has 28 heavy (non-hydrogen) atoms. The van der Waals surface area contributed by atoms with E-state index < -0.39 is 23.8 Å². The molecule has 10 heteroatoms. The number of aromatic nitrogens is 1. The van der Waals surface area contributed by atoms with Crippen molar-refractivity contribution in [2.75, 3.05) is 18.4 Å². The molecule has 0 aliphatic carbocycles. The van der Waals surface area contributed by atoms with Gasteiger partial charge in [-0.25, -0.2) is 14.0 Å². The molecule has 3 rings (SSSR count). The van der Waals surface area contributed by atoms with Gasteiger partial charge < -0.3 is 30.9 Å².